The Balaban J connectivity index is 1.98. The van der Waals surface area contributed by atoms with E-state index in [1.54, 1.807) is 12.1 Å². The smallest absolute Gasteiger partial charge is 0.265 e. The Morgan fingerprint density at radius 3 is 3.00 bits per heavy atom. The molecular formula is C12H14N2O3. The summed E-state index contributed by atoms with van der Waals surface area (Å²) in [5.74, 6) is 0.385. The molecule has 0 saturated carbocycles. The summed E-state index contributed by atoms with van der Waals surface area (Å²) in [6, 6.07) is 7.28. The summed E-state index contributed by atoms with van der Waals surface area (Å²) in [5, 5.41) is 5.41. The topological polar surface area (TPSA) is 67.4 Å². The molecule has 0 radical (unpaired) electrons. The highest BCUT2D eigenvalue weighted by Gasteiger charge is 2.26. The molecule has 0 bridgehead atoms. The largest absolute Gasteiger partial charge is 0.478 e. The van der Waals surface area contributed by atoms with Crippen LogP contribution in [0.2, 0.25) is 0 Å². The lowest BCUT2D eigenvalue weighted by molar-refractivity contribution is -0.124. The summed E-state index contributed by atoms with van der Waals surface area (Å²) in [4.78, 5) is 22.4. The summed E-state index contributed by atoms with van der Waals surface area (Å²) in [6.07, 6.45) is -0.0866. The third-order valence-electron chi connectivity index (χ3n) is 2.49. The molecule has 1 aliphatic heterocycles. The van der Waals surface area contributed by atoms with Crippen LogP contribution in [0.25, 0.3) is 0 Å². The molecule has 0 saturated heterocycles. The second-order valence-corrected chi connectivity index (χ2v) is 3.86. The first-order chi connectivity index (χ1) is 8.16. The number of para-hydroxylation sites is 2. The monoisotopic (exact) mass is 234 g/mol. The van der Waals surface area contributed by atoms with Crippen LogP contribution in [0.15, 0.2) is 24.3 Å². The predicted octanol–water partition coefficient (Wildman–Crippen LogP) is 0.912. The Labute approximate surface area is 99.2 Å². The lowest BCUT2D eigenvalue weighted by Crippen LogP contribution is -2.39. The summed E-state index contributed by atoms with van der Waals surface area (Å²) in [6.45, 7) is 1.87. The minimum Gasteiger partial charge on any atom is -0.478 e. The third kappa shape index (κ3) is 2.75. The Morgan fingerprint density at radius 1 is 1.47 bits per heavy atom. The van der Waals surface area contributed by atoms with E-state index < -0.39 is 6.10 Å². The summed E-state index contributed by atoms with van der Waals surface area (Å²) in [5.41, 5.74) is 0.688. The number of ether oxygens (including phenoxy) is 1. The number of anilines is 1. The minimum atomic E-state index is -0.545. The zero-order valence-corrected chi connectivity index (χ0v) is 9.53. The number of carbonyl (C=O) groups is 2. The molecule has 0 fully saturated rings. The summed E-state index contributed by atoms with van der Waals surface area (Å²) >= 11 is 0. The van der Waals surface area contributed by atoms with E-state index in [1.807, 2.05) is 12.1 Å². The van der Waals surface area contributed by atoms with Gasteiger partial charge in [-0.3, -0.25) is 9.59 Å². The van der Waals surface area contributed by atoms with Gasteiger partial charge in [-0.25, -0.2) is 0 Å². The van der Waals surface area contributed by atoms with Crippen LogP contribution in [0, 0.1) is 0 Å². The second kappa shape index (κ2) is 4.86. The molecule has 0 aliphatic carbocycles. The Hall–Kier alpha value is -2.04. The Bertz CT molecular complexity index is 445. The number of hydrogen-bond acceptors (Lipinski definition) is 3. The molecule has 5 heteroatoms. The van der Waals surface area contributed by atoms with Crippen molar-refractivity contribution in [3.8, 4) is 5.75 Å². The maximum absolute atomic E-state index is 11.7. The SMILES string of the molecule is CC(=O)NCCC1Oc2ccccc2NC1=O. The fraction of sp³-hybridized carbons (Fsp3) is 0.333. The van der Waals surface area contributed by atoms with E-state index in [9.17, 15) is 9.59 Å². The predicted molar refractivity (Wildman–Crippen MR) is 62.8 cm³/mol. The van der Waals surface area contributed by atoms with E-state index in [2.05, 4.69) is 10.6 Å². The molecule has 0 aromatic heterocycles. The average molecular weight is 234 g/mol. The van der Waals surface area contributed by atoms with E-state index in [-0.39, 0.29) is 11.8 Å². The van der Waals surface area contributed by atoms with Gasteiger partial charge in [0.1, 0.15) is 5.75 Å². The van der Waals surface area contributed by atoms with E-state index in [1.165, 1.54) is 6.92 Å². The van der Waals surface area contributed by atoms with Crippen LogP contribution in [0.4, 0.5) is 5.69 Å². The number of nitrogens with one attached hydrogen (secondary N) is 2. The van der Waals surface area contributed by atoms with Crippen molar-refractivity contribution in [1.82, 2.24) is 5.32 Å². The fourth-order valence-electron chi connectivity index (χ4n) is 1.66. The van der Waals surface area contributed by atoms with E-state index in [0.29, 0.717) is 24.4 Å². The first-order valence-corrected chi connectivity index (χ1v) is 5.48. The van der Waals surface area contributed by atoms with Crippen molar-refractivity contribution in [3.05, 3.63) is 24.3 Å². The highest BCUT2D eigenvalue weighted by Crippen LogP contribution is 2.29. The number of fused-ring (bicyclic) bond motifs is 1. The van der Waals surface area contributed by atoms with Gasteiger partial charge in [0.15, 0.2) is 6.10 Å². The minimum absolute atomic E-state index is 0.110. The first kappa shape index (κ1) is 11.4. The van der Waals surface area contributed by atoms with Gasteiger partial charge >= 0.3 is 0 Å². The van der Waals surface area contributed by atoms with E-state index >= 15 is 0 Å². The van der Waals surface area contributed by atoms with Gasteiger partial charge in [0, 0.05) is 19.9 Å². The molecule has 1 heterocycles. The zero-order valence-electron chi connectivity index (χ0n) is 9.53. The van der Waals surface area contributed by atoms with Crippen LogP contribution in [0.3, 0.4) is 0 Å². The molecule has 1 aromatic carbocycles. The summed E-state index contributed by atoms with van der Waals surface area (Å²) < 4.78 is 5.56. The van der Waals surface area contributed by atoms with E-state index in [0.717, 1.165) is 0 Å². The van der Waals surface area contributed by atoms with Crippen LogP contribution >= 0.6 is 0 Å². The molecule has 90 valence electrons. The number of amides is 2. The maximum Gasteiger partial charge on any atom is 0.265 e. The average Bonchev–Trinajstić information content (AvgIpc) is 2.29. The number of carbonyl (C=O) groups excluding carboxylic acids is 2. The van der Waals surface area contributed by atoms with Crippen molar-refractivity contribution < 1.29 is 14.3 Å². The lowest BCUT2D eigenvalue weighted by Gasteiger charge is -2.25. The van der Waals surface area contributed by atoms with Gasteiger partial charge in [0.05, 0.1) is 5.69 Å². The van der Waals surface area contributed by atoms with Gasteiger partial charge in [0.2, 0.25) is 5.91 Å². The maximum atomic E-state index is 11.7. The number of benzene rings is 1. The molecule has 1 atom stereocenters. The molecule has 1 aliphatic rings. The zero-order chi connectivity index (χ0) is 12.3. The van der Waals surface area contributed by atoms with Gasteiger partial charge in [-0.15, -0.1) is 0 Å². The van der Waals surface area contributed by atoms with Crippen LogP contribution in [0.1, 0.15) is 13.3 Å². The molecule has 5 nitrogen and oxygen atoms in total. The van der Waals surface area contributed by atoms with Crippen molar-refractivity contribution in [2.45, 2.75) is 19.4 Å². The van der Waals surface area contributed by atoms with Gasteiger partial charge in [-0.05, 0) is 12.1 Å². The lowest BCUT2D eigenvalue weighted by atomic mass is 10.1. The molecule has 2 rings (SSSR count). The quantitative estimate of drug-likeness (QED) is 0.817. The highest BCUT2D eigenvalue weighted by molar-refractivity contribution is 5.97. The molecule has 1 unspecified atom stereocenters. The molecular weight excluding hydrogens is 220 g/mol. The highest BCUT2D eigenvalue weighted by atomic mass is 16.5. The van der Waals surface area contributed by atoms with E-state index in [4.69, 9.17) is 4.74 Å². The Kier molecular flexibility index (Phi) is 3.27. The second-order valence-electron chi connectivity index (χ2n) is 3.86. The van der Waals surface area contributed by atoms with Gasteiger partial charge in [-0.2, -0.15) is 0 Å². The van der Waals surface area contributed by atoms with Crippen LogP contribution in [-0.2, 0) is 9.59 Å². The van der Waals surface area contributed by atoms with Crippen molar-refractivity contribution in [3.63, 3.8) is 0 Å². The van der Waals surface area contributed by atoms with Crippen molar-refractivity contribution in [2.24, 2.45) is 0 Å². The van der Waals surface area contributed by atoms with Crippen molar-refractivity contribution in [2.75, 3.05) is 11.9 Å². The van der Waals surface area contributed by atoms with Gasteiger partial charge in [-0.1, -0.05) is 12.1 Å². The third-order valence-corrected chi connectivity index (χ3v) is 2.49. The summed E-state index contributed by atoms with van der Waals surface area (Å²) in [7, 11) is 0. The normalized spacial score (nSPS) is 17.7. The van der Waals surface area contributed by atoms with Crippen LogP contribution in [0.5, 0.6) is 5.75 Å². The standard InChI is InChI=1S/C12H14N2O3/c1-8(15)13-7-6-11-12(16)14-9-4-2-3-5-10(9)17-11/h2-5,11H,6-7H2,1H3,(H,13,15)(H,14,16). The van der Waals surface area contributed by atoms with Crippen LogP contribution < -0.4 is 15.4 Å². The molecule has 2 amide bonds. The molecule has 1 aromatic rings. The van der Waals surface area contributed by atoms with Crippen LogP contribution in [-0.4, -0.2) is 24.5 Å². The molecule has 2 N–H and O–H groups in total. The molecule has 17 heavy (non-hydrogen) atoms. The number of rotatable bonds is 3. The van der Waals surface area contributed by atoms with Crippen molar-refractivity contribution >= 4 is 17.5 Å². The molecule has 0 spiro atoms. The first-order valence-electron chi connectivity index (χ1n) is 5.48. The Morgan fingerprint density at radius 2 is 2.24 bits per heavy atom. The number of hydrogen-bond donors (Lipinski definition) is 2. The van der Waals surface area contributed by atoms with Gasteiger partial charge < -0.3 is 15.4 Å². The van der Waals surface area contributed by atoms with Gasteiger partial charge in [0.25, 0.3) is 5.91 Å². The van der Waals surface area contributed by atoms with Crippen molar-refractivity contribution in [1.29, 1.82) is 0 Å². The fourth-order valence-corrected chi connectivity index (χ4v) is 1.66.